The van der Waals surface area contributed by atoms with E-state index in [1.165, 1.54) is 6.92 Å². The van der Waals surface area contributed by atoms with Gasteiger partial charge in [0.1, 0.15) is 11.6 Å². The average Bonchev–Trinajstić information content (AvgIpc) is 3.01. The van der Waals surface area contributed by atoms with Gasteiger partial charge >= 0.3 is 0 Å². The van der Waals surface area contributed by atoms with Crippen molar-refractivity contribution in [1.29, 1.82) is 0 Å². The molecule has 1 fully saturated rings. The van der Waals surface area contributed by atoms with Crippen molar-refractivity contribution in [2.75, 3.05) is 27.7 Å². The fraction of sp³-hybridized carbons (Fsp3) is 0.267. The minimum Gasteiger partial charge on any atom is -0.382 e. The van der Waals surface area contributed by atoms with Gasteiger partial charge < -0.3 is 15.4 Å². The van der Waals surface area contributed by atoms with Crippen LogP contribution in [0.2, 0.25) is 0 Å². The van der Waals surface area contributed by atoms with E-state index >= 15 is 0 Å². The number of nitrogens with zero attached hydrogens (tertiary/aromatic N) is 3. The number of nitrogen functional groups attached to an aromatic ring is 1. The number of rotatable bonds is 3. The Balaban J connectivity index is 1.94. The number of carbonyl (C=O) groups excluding carboxylic acids is 1. The maximum Gasteiger partial charge on any atom is 0.222 e. The number of nitrogens with one attached hydrogen (secondary N) is 1. The molecule has 2 aromatic rings. The van der Waals surface area contributed by atoms with Crippen LogP contribution in [0.5, 0.6) is 0 Å². The summed E-state index contributed by atoms with van der Waals surface area (Å²) in [6.07, 6.45) is 4.56. The smallest absolute Gasteiger partial charge is 0.222 e. The number of hydrogen-bond acceptors (Lipinski definition) is 6. The second-order valence-electron chi connectivity index (χ2n) is 5.03. The van der Waals surface area contributed by atoms with E-state index in [2.05, 4.69) is 19.6 Å². The number of amides is 1. The lowest BCUT2D eigenvalue weighted by molar-refractivity contribution is -0.114. The molecule has 1 aliphatic rings. The zero-order valence-electron chi connectivity index (χ0n) is 12.2. The average molecular weight is 315 g/mol. The van der Waals surface area contributed by atoms with E-state index in [4.69, 9.17) is 5.73 Å². The van der Waals surface area contributed by atoms with Crippen LogP contribution in [0.15, 0.2) is 30.6 Å². The van der Waals surface area contributed by atoms with Gasteiger partial charge in [-0.15, -0.1) is 0 Å². The van der Waals surface area contributed by atoms with Crippen molar-refractivity contribution in [3.05, 3.63) is 30.6 Å². The first-order valence-corrected chi connectivity index (χ1v) is 7.98. The Morgan fingerprint density at radius 1 is 1.36 bits per heavy atom. The summed E-state index contributed by atoms with van der Waals surface area (Å²) < 4.78 is 2.18. The molecule has 0 atom stereocenters. The van der Waals surface area contributed by atoms with Gasteiger partial charge in [-0.3, -0.25) is 4.79 Å². The summed E-state index contributed by atoms with van der Waals surface area (Å²) in [6.45, 7) is 2.44. The second kappa shape index (κ2) is 6.23. The van der Waals surface area contributed by atoms with Gasteiger partial charge in [0, 0.05) is 37.2 Å². The number of aromatic nitrogens is 2. The first-order chi connectivity index (χ1) is 10.6. The highest BCUT2D eigenvalue weighted by Crippen LogP contribution is 2.34. The molecule has 0 bridgehead atoms. The molecule has 0 saturated carbocycles. The Bertz CT molecular complexity index is 700. The zero-order chi connectivity index (χ0) is 15.5. The van der Waals surface area contributed by atoms with E-state index in [-0.39, 0.29) is 5.91 Å². The van der Waals surface area contributed by atoms with E-state index in [1.54, 1.807) is 24.3 Å². The van der Waals surface area contributed by atoms with Crippen molar-refractivity contribution in [2.45, 2.75) is 13.3 Å². The summed E-state index contributed by atoms with van der Waals surface area (Å²) in [5.74, 6) is 2.02. The van der Waals surface area contributed by atoms with Gasteiger partial charge in [-0.2, -0.15) is 0 Å². The molecule has 1 aliphatic heterocycles. The molecule has 7 heteroatoms. The van der Waals surface area contributed by atoms with E-state index in [1.807, 2.05) is 18.2 Å². The van der Waals surface area contributed by atoms with E-state index in [0.717, 1.165) is 35.5 Å². The Labute approximate surface area is 133 Å². The summed E-state index contributed by atoms with van der Waals surface area (Å²) in [7, 11) is 0. The molecule has 22 heavy (non-hydrogen) atoms. The van der Waals surface area contributed by atoms with Gasteiger partial charge in [-0.1, -0.05) is 0 Å². The van der Waals surface area contributed by atoms with Crippen LogP contribution in [0.3, 0.4) is 0 Å². The van der Waals surface area contributed by atoms with Crippen LogP contribution in [0, 0.1) is 0 Å². The predicted octanol–water partition coefficient (Wildman–Crippen LogP) is 2.54. The quantitative estimate of drug-likeness (QED) is 0.847. The molecule has 0 unspecified atom stereocenters. The molecule has 3 heterocycles. The molecule has 1 saturated heterocycles. The number of pyridine rings is 2. The zero-order valence-corrected chi connectivity index (χ0v) is 13.1. The van der Waals surface area contributed by atoms with Crippen LogP contribution in [0.4, 0.5) is 17.3 Å². The lowest BCUT2D eigenvalue weighted by atomic mass is 10.1. The predicted molar refractivity (Wildman–Crippen MR) is 90.6 cm³/mol. The maximum atomic E-state index is 11.1. The lowest BCUT2D eigenvalue weighted by Gasteiger charge is -2.18. The highest BCUT2D eigenvalue weighted by atomic mass is 32.2. The minimum atomic E-state index is -0.144. The molecular weight excluding hydrogens is 298 g/mol. The molecule has 114 valence electrons. The van der Waals surface area contributed by atoms with E-state index in [0.29, 0.717) is 11.6 Å². The summed E-state index contributed by atoms with van der Waals surface area (Å²) in [6, 6.07) is 5.75. The largest absolute Gasteiger partial charge is 0.382 e. The van der Waals surface area contributed by atoms with Gasteiger partial charge in [-0.05, 0) is 42.1 Å². The summed E-state index contributed by atoms with van der Waals surface area (Å²) >= 11 is 1.77. The fourth-order valence-electron chi connectivity index (χ4n) is 2.32. The van der Waals surface area contributed by atoms with E-state index in [9.17, 15) is 4.79 Å². The van der Waals surface area contributed by atoms with Crippen molar-refractivity contribution in [3.63, 3.8) is 0 Å². The van der Waals surface area contributed by atoms with Crippen molar-refractivity contribution in [1.82, 2.24) is 9.97 Å². The maximum absolute atomic E-state index is 11.1. The third-order valence-corrected chi connectivity index (χ3v) is 4.48. The second-order valence-corrected chi connectivity index (χ2v) is 6.14. The molecule has 1 amide bonds. The number of carbonyl (C=O) groups is 1. The monoisotopic (exact) mass is 315 g/mol. The van der Waals surface area contributed by atoms with Gasteiger partial charge in [-0.25, -0.2) is 9.97 Å². The van der Waals surface area contributed by atoms with Crippen LogP contribution in [-0.4, -0.2) is 28.2 Å². The molecule has 0 aliphatic carbocycles. The van der Waals surface area contributed by atoms with Gasteiger partial charge in [0.2, 0.25) is 5.91 Å². The highest BCUT2D eigenvalue weighted by Gasteiger charge is 2.17. The Hall–Kier alpha value is -2.28. The van der Waals surface area contributed by atoms with Crippen molar-refractivity contribution in [2.24, 2.45) is 0 Å². The summed E-state index contributed by atoms with van der Waals surface area (Å²) in [5, 5.41) is 2.69. The first kappa shape index (κ1) is 14.6. The van der Waals surface area contributed by atoms with Crippen molar-refractivity contribution >= 4 is 35.2 Å². The number of hydrogen-bond donors (Lipinski definition) is 2. The van der Waals surface area contributed by atoms with Crippen LogP contribution < -0.4 is 15.4 Å². The van der Waals surface area contributed by atoms with Crippen LogP contribution in [-0.2, 0) is 4.79 Å². The molecule has 3 rings (SSSR count). The topological polar surface area (TPSA) is 84.1 Å². The van der Waals surface area contributed by atoms with E-state index < -0.39 is 0 Å². The van der Waals surface area contributed by atoms with Gasteiger partial charge in [0.25, 0.3) is 0 Å². The molecular formula is C15H17N5OS. The molecule has 6 nitrogen and oxygen atoms in total. The molecule has 0 radical (unpaired) electrons. The van der Waals surface area contributed by atoms with Crippen molar-refractivity contribution < 1.29 is 4.79 Å². The van der Waals surface area contributed by atoms with Gasteiger partial charge in [0.15, 0.2) is 0 Å². The molecule has 0 spiro atoms. The first-order valence-electron chi connectivity index (χ1n) is 7.03. The summed E-state index contributed by atoms with van der Waals surface area (Å²) in [5.41, 5.74) is 8.84. The fourth-order valence-corrected chi connectivity index (χ4v) is 3.34. The normalized spacial score (nSPS) is 14.1. The molecule has 2 aromatic heterocycles. The Kier molecular flexibility index (Phi) is 4.15. The third-order valence-electron chi connectivity index (χ3n) is 3.32. The lowest BCUT2D eigenvalue weighted by Crippen LogP contribution is -2.12. The number of anilines is 3. The number of nitrogens with two attached hydrogens (primary N) is 1. The SMILES string of the molecule is CC(=O)Nc1cc(-c2cnc(N)c(N3CCCS3)c2)ccn1. The molecule has 0 aromatic carbocycles. The van der Waals surface area contributed by atoms with Gasteiger partial charge in [0.05, 0.1) is 5.69 Å². The molecule has 3 N–H and O–H groups in total. The Morgan fingerprint density at radius 3 is 2.95 bits per heavy atom. The van der Waals surface area contributed by atoms with Crippen molar-refractivity contribution in [3.8, 4) is 11.1 Å². The summed E-state index contributed by atoms with van der Waals surface area (Å²) in [4.78, 5) is 19.6. The Morgan fingerprint density at radius 2 is 2.23 bits per heavy atom. The third kappa shape index (κ3) is 3.14. The van der Waals surface area contributed by atoms with Crippen LogP contribution >= 0.6 is 11.9 Å². The van der Waals surface area contributed by atoms with Crippen LogP contribution in [0.1, 0.15) is 13.3 Å². The highest BCUT2D eigenvalue weighted by molar-refractivity contribution is 8.00. The van der Waals surface area contributed by atoms with Crippen LogP contribution in [0.25, 0.3) is 11.1 Å². The standard InChI is InChI=1S/C15H17N5OS/c1-10(21)19-14-8-11(3-4-17-14)12-7-13(15(16)18-9-12)20-5-2-6-22-20/h3-4,7-9H,2,5-6H2,1H3,(H2,16,18)(H,17,19,21). The minimum absolute atomic E-state index is 0.144.